The summed E-state index contributed by atoms with van der Waals surface area (Å²) in [5.74, 6) is -1.50. The van der Waals surface area contributed by atoms with Gasteiger partial charge in [-0.05, 0) is 56.5 Å². The van der Waals surface area contributed by atoms with Gasteiger partial charge < -0.3 is 25.8 Å². The largest absolute Gasteiger partial charge is 0.481 e. The van der Waals surface area contributed by atoms with Crippen molar-refractivity contribution in [2.75, 3.05) is 11.9 Å². The second-order valence-electron chi connectivity index (χ2n) is 9.21. The van der Waals surface area contributed by atoms with E-state index in [1.165, 1.54) is 18.2 Å². The number of sulfone groups is 1. The van der Waals surface area contributed by atoms with Gasteiger partial charge in [0.25, 0.3) is 0 Å². The van der Waals surface area contributed by atoms with Gasteiger partial charge in [0.1, 0.15) is 5.60 Å². The van der Waals surface area contributed by atoms with E-state index >= 15 is 0 Å². The Kier molecular flexibility index (Phi) is 9.85. The molecule has 0 saturated heterocycles. The number of urea groups is 1. The van der Waals surface area contributed by atoms with E-state index in [0.29, 0.717) is 23.4 Å². The minimum Gasteiger partial charge on any atom is -0.481 e. The maximum atomic E-state index is 13.1. The molecule has 0 aromatic heterocycles. The highest BCUT2D eigenvalue weighted by Crippen LogP contribution is 2.24. The van der Waals surface area contributed by atoms with Gasteiger partial charge in [-0.3, -0.25) is 4.79 Å². The third-order valence-electron chi connectivity index (χ3n) is 4.77. The molecule has 0 bridgehead atoms. The summed E-state index contributed by atoms with van der Waals surface area (Å²) in [5, 5.41) is 17.1. The number of amides is 3. The number of benzene rings is 2. The van der Waals surface area contributed by atoms with Crippen LogP contribution in [0.4, 0.5) is 15.3 Å². The molecule has 2 rings (SSSR count). The van der Waals surface area contributed by atoms with Crippen molar-refractivity contribution >= 4 is 33.6 Å². The quantitative estimate of drug-likeness (QED) is 0.367. The molecule has 196 valence electrons. The van der Waals surface area contributed by atoms with Crippen LogP contribution in [0.5, 0.6) is 0 Å². The predicted molar refractivity (Wildman–Crippen MR) is 135 cm³/mol. The third-order valence-corrected chi connectivity index (χ3v) is 6.45. The Balaban J connectivity index is 2.23. The van der Waals surface area contributed by atoms with E-state index in [1.807, 2.05) is 6.92 Å². The molecule has 0 radical (unpaired) electrons. The number of nitrogens with one attached hydrogen (secondary N) is 3. The lowest BCUT2D eigenvalue weighted by atomic mass is 10.0. The van der Waals surface area contributed by atoms with Crippen molar-refractivity contribution in [3.63, 3.8) is 0 Å². The molecule has 11 heteroatoms. The number of rotatable bonds is 10. The summed E-state index contributed by atoms with van der Waals surface area (Å²) >= 11 is 0. The molecular formula is C25H33N3O7S. The molecule has 2 aromatic rings. The van der Waals surface area contributed by atoms with Gasteiger partial charge >= 0.3 is 18.1 Å². The third kappa shape index (κ3) is 9.57. The predicted octanol–water partition coefficient (Wildman–Crippen LogP) is 4.23. The summed E-state index contributed by atoms with van der Waals surface area (Å²) in [6.07, 6.45) is -0.427. The highest BCUT2D eigenvalue weighted by Gasteiger charge is 2.23. The van der Waals surface area contributed by atoms with E-state index < -0.39 is 46.0 Å². The maximum Gasteiger partial charge on any atom is 0.408 e. The van der Waals surface area contributed by atoms with Gasteiger partial charge in [0.15, 0.2) is 9.84 Å². The topological polar surface area (TPSA) is 151 Å². The van der Waals surface area contributed by atoms with Crippen molar-refractivity contribution in [1.82, 2.24) is 10.6 Å². The highest BCUT2D eigenvalue weighted by atomic mass is 32.2. The van der Waals surface area contributed by atoms with E-state index in [-0.39, 0.29) is 10.6 Å². The van der Waals surface area contributed by atoms with E-state index in [0.717, 1.165) is 6.42 Å². The van der Waals surface area contributed by atoms with Gasteiger partial charge in [0.2, 0.25) is 0 Å². The summed E-state index contributed by atoms with van der Waals surface area (Å²) in [5.41, 5.74) is 0.404. The zero-order chi connectivity index (χ0) is 26.9. The van der Waals surface area contributed by atoms with Gasteiger partial charge in [0, 0.05) is 12.2 Å². The van der Waals surface area contributed by atoms with Crippen LogP contribution >= 0.6 is 0 Å². The first-order chi connectivity index (χ1) is 16.8. The fraction of sp³-hybridized carbons (Fsp3) is 0.400. The molecule has 4 N–H and O–H groups in total. The number of ether oxygens (including phenoxy) is 1. The molecule has 10 nitrogen and oxygen atoms in total. The Morgan fingerprint density at radius 2 is 1.75 bits per heavy atom. The molecule has 0 aliphatic rings. The van der Waals surface area contributed by atoms with Gasteiger partial charge in [-0.15, -0.1) is 0 Å². The number of alkyl carbamates (subject to hydrolysis) is 1. The van der Waals surface area contributed by atoms with Crippen LogP contribution in [-0.2, 0) is 25.1 Å². The summed E-state index contributed by atoms with van der Waals surface area (Å²) in [7, 11) is -3.80. The number of carbonyl (C=O) groups is 3. The van der Waals surface area contributed by atoms with Crippen molar-refractivity contribution in [2.45, 2.75) is 62.8 Å². The number of anilines is 1. The molecule has 1 atom stereocenters. The molecule has 0 heterocycles. The summed E-state index contributed by atoms with van der Waals surface area (Å²) in [4.78, 5) is 35.6. The van der Waals surface area contributed by atoms with Gasteiger partial charge in [-0.1, -0.05) is 37.3 Å². The summed E-state index contributed by atoms with van der Waals surface area (Å²) < 4.78 is 31.4. The number of aliphatic carboxylic acids is 1. The minimum absolute atomic E-state index is 0.0233. The van der Waals surface area contributed by atoms with Crippen LogP contribution in [0.2, 0.25) is 0 Å². The number of carbonyl (C=O) groups excluding carboxylic acids is 2. The average molecular weight is 520 g/mol. The lowest BCUT2D eigenvalue weighted by Gasteiger charge is -2.23. The molecule has 0 fully saturated rings. The molecule has 0 unspecified atom stereocenters. The van der Waals surface area contributed by atoms with E-state index in [2.05, 4.69) is 16.0 Å². The van der Waals surface area contributed by atoms with Gasteiger partial charge in [-0.25, -0.2) is 18.0 Å². The van der Waals surface area contributed by atoms with Crippen LogP contribution < -0.4 is 16.0 Å². The van der Waals surface area contributed by atoms with Crippen molar-refractivity contribution in [2.24, 2.45) is 0 Å². The lowest BCUT2D eigenvalue weighted by molar-refractivity contribution is -0.137. The van der Waals surface area contributed by atoms with Crippen molar-refractivity contribution in [3.05, 3.63) is 59.7 Å². The molecule has 0 spiro atoms. The normalized spacial score (nSPS) is 12.3. The summed E-state index contributed by atoms with van der Waals surface area (Å²) in [6.45, 7) is 7.47. The first-order valence-corrected chi connectivity index (χ1v) is 13.1. The Labute approximate surface area is 211 Å². The second kappa shape index (κ2) is 12.4. The highest BCUT2D eigenvalue weighted by molar-refractivity contribution is 7.90. The Hall–Kier alpha value is -3.60. The van der Waals surface area contributed by atoms with Crippen LogP contribution in [0.3, 0.4) is 0 Å². The first-order valence-electron chi connectivity index (χ1n) is 11.5. The molecular weight excluding hydrogens is 486 g/mol. The molecule has 3 amide bonds. The average Bonchev–Trinajstić information content (AvgIpc) is 2.76. The van der Waals surface area contributed by atoms with E-state index in [1.54, 1.807) is 51.1 Å². The van der Waals surface area contributed by atoms with Crippen LogP contribution in [0.1, 0.15) is 57.7 Å². The van der Waals surface area contributed by atoms with Crippen molar-refractivity contribution in [3.8, 4) is 0 Å². The first kappa shape index (κ1) is 28.6. The Morgan fingerprint density at radius 1 is 1.06 bits per heavy atom. The second-order valence-corrected chi connectivity index (χ2v) is 11.2. The minimum atomic E-state index is -3.80. The number of hydrogen-bond acceptors (Lipinski definition) is 6. The number of carboxylic acid groups (broad SMARTS) is 1. The maximum absolute atomic E-state index is 13.1. The lowest BCUT2D eigenvalue weighted by Crippen LogP contribution is -2.35. The van der Waals surface area contributed by atoms with Crippen molar-refractivity contribution < 1.29 is 32.6 Å². The zero-order valence-electron chi connectivity index (χ0n) is 20.8. The monoisotopic (exact) mass is 519 g/mol. The molecule has 2 aromatic carbocycles. The molecule has 0 saturated carbocycles. The molecule has 36 heavy (non-hydrogen) atoms. The van der Waals surface area contributed by atoms with Gasteiger partial charge in [0.05, 0.1) is 23.1 Å². The van der Waals surface area contributed by atoms with Crippen LogP contribution in [0.25, 0.3) is 0 Å². The summed E-state index contributed by atoms with van der Waals surface area (Å²) in [6, 6.07) is 10.9. The SMILES string of the molecule is CCCNC(=O)Nc1cccc(S(=O)(=O)Cc2cccc([C@@H](CC(=O)O)NC(=O)OC(C)(C)C)c2)c1. The number of hydrogen-bond donors (Lipinski definition) is 4. The molecule has 0 aliphatic carbocycles. The van der Waals surface area contributed by atoms with Crippen LogP contribution in [0.15, 0.2) is 53.4 Å². The van der Waals surface area contributed by atoms with E-state index in [4.69, 9.17) is 4.74 Å². The van der Waals surface area contributed by atoms with Gasteiger partial charge in [-0.2, -0.15) is 0 Å². The van der Waals surface area contributed by atoms with Crippen LogP contribution in [-0.4, -0.2) is 43.8 Å². The molecule has 0 aliphatic heterocycles. The standard InChI is InChI=1S/C25H33N3O7S/c1-5-12-26-23(31)27-19-10-7-11-20(14-19)36(33,34)16-17-8-6-9-18(13-17)21(15-22(29)30)28-24(32)35-25(2,3)4/h6-11,13-14,21H,5,12,15-16H2,1-4H3,(H,28,32)(H,29,30)(H2,26,27,31)/t21-/m1/s1. The Morgan fingerprint density at radius 3 is 2.39 bits per heavy atom. The smallest absolute Gasteiger partial charge is 0.408 e. The van der Waals surface area contributed by atoms with Crippen LogP contribution in [0, 0.1) is 0 Å². The zero-order valence-corrected chi connectivity index (χ0v) is 21.6. The fourth-order valence-electron chi connectivity index (χ4n) is 3.26. The van der Waals surface area contributed by atoms with Crippen molar-refractivity contribution in [1.29, 1.82) is 0 Å². The number of carboxylic acids is 1. The fourth-order valence-corrected chi connectivity index (χ4v) is 4.64. The van der Waals surface area contributed by atoms with E-state index in [9.17, 15) is 27.9 Å². The Bertz CT molecular complexity index is 1190.